The Labute approximate surface area is 195 Å². The standard InChI is InChI=1S/C23H21N5O2S2/c1-15-7-6-8-16(11-15)13-28-14-24-22(27-28)26-23(31)25-20-18(21(29)30-2)12-19(32-20)17-9-4-3-5-10-17/h3-12,14H,13H2,1-2H3,(H2,25,26,27,31). The summed E-state index contributed by atoms with van der Waals surface area (Å²) in [6.07, 6.45) is 1.64. The van der Waals surface area contributed by atoms with E-state index >= 15 is 0 Å². The van der Waals surface area contributed by atoms with Crippen molar-refractivity contribution in [2.75, 3.05) is 17.7 Å². The van der Waals surface area contributed by atoms with Crippen molar-refractivity contribution < 1.29 is 9.53 Å². The van der Waals surface area contributed by atoms with Gasteiger partial charge in [-0.2, -0.15) is 0 Å². The van der Waals surface area contributed by atoms with Gasteiger partial charge in [-0.15, -0.1) is 16.4 Å². The molecule has 2 heterocycles. The summed E-state index contributed by atoms with van der Waals surface area (Å²) < 4.78 is 6.66. The maximum atomic E-state index is 12.3. The number of carbonyl (C=O) groups excluding carboxylic acids is 1. The van der Waals surface area contributed by atoms with E-state index in [1.165, 1.54) is 24.0 Å². The molecule has 0 saturated carbocycles. The molecule has 2 N–H and O–H groups in total. The molecule has 0 saturated heterocycles. The van der Waals surface area contributed by atoms with Crippen molar-refractivity contribution in [2.24, 2.45) is 0 Å². The number of methoxy groups -OCH3 is 1. The van der Waals surface area contributed by atoms with Crippen LogP contribution in [0.1, 0.15) is 21.5 Å². The lowest BCUT2D eigenvalue weighted by Gasteiger charge is -2.07. The van der Waals surface area contributed by atoms with Crippen LogP contribution in [-0.2, 0) is 11.3 Å². The maximum Gasteiger partial charge on any atom is 0.340 e. The zero-order valence-electron chi connectivity index (χ0n) is 17.5. The van der Waals surface area contributed by atoms with Gasteiger partial charge in [-0.1, -0.05) is 60.2 Å². The summed E-state index contributed by atoms with van der Waals surface area (Å²) in [7, 11) is 1.35. The topological polar surface area (TPSA) is 81.1 Å². The van der Waals surface area contributed by atoms with Gasteiger partial charge in [0, 0.05) is 4.88 Å². The molecule has 162 valence electrons. The Kier molecular flexibility index (Phi) is 6.58. The molecule has 7 nitrogen and oxygen atoms in total. The van der Waals surface area contributed by atoms with E-state index in [9.17, 15) is 4.79 Å². The van der Waals surface area contributed by atoms with Crippen molar-refractivity contribution in [3.63, 3.8) is 0 Å². The van der Waals surface area contributed by atoms with Crippen LogP contribution < -0.4 is 10.6 Å². The summed E-state index contributed by atoms with van der Waals surface area (Å²) in [5.74, 6) is -0.0658. The Hall–Kier alpha value is -3.56. The third kappa shape index (κ3) is 5.19. The van der Waals surface area contributed by atoms with Crippen LogP contribution in [0.15, 0.2) is 67.0 Å². The van der Waals surface area contributed by atoms with Crippen molar-refractivity contribution in [3.8, 4) is 10.4 Å². The number of anilines is 2. The van der Waals surface area contributed by atoms with Gasteiger partial charge in [0.15, 0.2) is 5.11 Å². The average molecular weight is 464 g/mol. The summed E-state index contributed by atoms with van der Waals surface area (Å²) >= 11 is 6.84. The summed E-state index contributed by atoms with van der Waals surface area (Å²) in [5.41, 5.74) is 3.75. The predicted molar refractivity (Wildman–Crippen MR) is 131 cm³/mol. The van der Waals surface area contributed by atoms with E-state index in [1.54, 1.807) is 17.1 Å². The zero-order chi connectivity index (χ0) is 22.5. The molecule has 0 aliphatic heterocycles. The van der Waals surface area contributed by atoms with Crippen molar-refractivity contribution in [2.45, 2.75) is 13.5 Å². The highest BCUT2D eigenvalue weighted by atomic mass is 32.1. The minimum absolute atomic E-state index is 0.282. The van der Waals surface area contributed by atoms with Crippen LogP contribution in [0.5, 0.6) is 0 Å². The van der Waals surface area contributed by atoms with E-state index in [2.05, 4.69) is 39.8 Å². The van der Waals surface area contributed by atoms with E-state index in [1.807, 2.05) is 42.5 Å². The summed E-state index contributed by atoms with van der Waals surface area (Å²) in [6.45, 7) is 2.66. The van der Waals surface area contributed by atoms with E-state index < -0.39 is 5.97 Å². The molecule has 2 aromatic heterocycles. The van der Waals surface area contributed by atoms with Crippen molar-refractivity contribution >= 4 is 45.6 Å². The predicted octanol–water partition coefficient (Wildman–Crippen LogP) is 4.96. The lowest BCUT2D eigenvalue weighted by Crippen LogP contribution is -2.20. The molecule has 4 rings (SSSR count). The summed E-state index contributed by atoms with van der Waals surface area (Å²) in [5, 5.41) is 11.3. The van der Waals surface area contributed by atoms with E-state index in [0.29, 0.717) is 23.1 Å². The molecule has 0 bridgehead atoms. The highest BCUT2D eigenvalue weighted by Gasteiger charge is 2.19. The Balaban J connectivity index is 1.46. The van der Waals surface area contributed by atoms with Crippen molar-refractivity contribution in [1.82, 2.24) is 14.8 Å². The number of thiocarbonyl (C=S) groups is 1. The third-order valence-corrected chi connectivity index (χ3v) is 5.92. The van der Waals surface area contributed by atoms with E-state index in [-0.39, 0.29) is 5.11 Å². The fraction of sp³-hybridized carbons (Fsp3) is 0.130. The Morgan fingerprint density at radius 3 is 2.69 bits per heavy atom. The number of nitrogens with one attached hydrogen (secondary N) is 2. The molecule has 0 atom stereocenters. The number of thiophene rings is 1. The number of carbonyl (C=O) groups is 1. The lowest BCUT2D eigenvalue weighted by molar-refractivity contribution is 0.0602. The Morgan fingerprint density at radius 1 is 1.12 bits per heavy atom. The molecule has 0 unspecified atom stereocenters. The first-order valence-electron chi connectivity index (χ1n) is 9.82. The van der Waals surface area contributed by atoms with Gasteiger partial charge in [-0.25, -0.2) is 14.5 Å². The van der Waals surface area contributed by atoms with Crippen LogP contribution in [0.2, 0.25) is 0 Å². The fourth-order valence-electron chi connectivity index (χ4n) is 3.15. The second-order valence-corrected chi connectivity index (χ2v) is 8.51. The largest absolute Gasteiger partial charge is 0.465 e. The zero-order valence-corrected chi connectivity index (χ0v) is 19.2. The van der Waals surface area contributed by atoms with Gasteiger partial charge >= 0.3 is 5.97 Å². The molecule has 2 aromatic carbocycles. The SMILES string of the molecule is COC(=O)c1cc(-c2ccccc2)sc1NC(=S)Nc1ncn(Cc2cccc(C)c2)n1. The normalized spacial score (nSPS) is 10.6. The molecule has 0 fully saturated rings. The number of nitrogens with zero attached hydrogens (tertiary/aromatic N) is 3. The lowest BCUT2D eigenvalue weighted by atomic mass is 10.1. The first-order chi connectivity index (χ1) is 15.5. The van der Waals surface area contributed by atoms with Crippen LogP contribution in [0, 0.1) is 6.92 Å². The van der Waals surface area contributed by atoms with Gasteiger partial charge in [0.2, 0.25) is 5.95 Å². The number of aromatic nitrogens is 3. The molecular formula is C23H21N5O2S2. The smallest absolute Gasteiger partial charge is 0.340 e. The molecule has 0 amide bonds. The Morgan fingerprint density at radius 2 is 1.94 bits per heavy atom. The van der Waals surface area contributed by atoms with Crippen LogP contribution in [0.3, 0.4) is 0 Å². The molecule has 4 aromatic rings. The monoisotopic (exact) mass is 463 g/mol. The average Bonchev–Trinajstić information content (AvgIpc) is 3.40. The van der Waals surface area contributed by atoms with Gasteiger partial charge in [-0.3, -0.25) is 5.32 Å². The summed E-state index contributed by atoms with van der Waals surface area (Å²) in [6, 6.07) is 19.8. The first kappa shape index (κ1) is 21.7. The van der Waals surface area contributed by atoms with Crippen LogP contribution >= 0.6 is 23.6 Å². The van der Waals surface area contributed by atoms with E-state index in [4.69, 9.17) is 17.0 Å². The van der Waals surface area contributed by atoms with Gasteiger partial charge in [0.1, 0.15) is 11.3 Å². The quantitative estimate of drug-likeness (QED) is 0.309. The molecule has 0 aliphatic rings. The minimum Gasteiger partial charge on any atom is -0.465 e. The molecule has 0 spiro atoms. The van der Waals surface area contributed by atoms with Crippen molar-refractivity contribution in [3.05, 3.63) is 83.7 Å². The molecule has 0 radical (unpaired) electrons. The van der Waals surface area contributed by atoms with Crippen LogP contribution in [0.4, 0.5) is 10.9 Å². The first-order valence-corrected chi connectivity index (χ1v) is 11.0. The number of hydrogen-bond acceptors (Lipinski definition) is 6. The molecule has 32 heavy (non-hydrogen) atoms. The molecule has 9 heteroatoms. The number of ether oxygens (including phenoxy) is 1. The van der Waals surface area contributed by atoms with Gasteiger partial charge < -0.3 is 10.1 Å². The molecule has 0 aliphatic carbocycles. The van der Waals surface area contributed by atoms with Crippen molar-refractivity contribution in [1.29, 1.82) is 0 Å². The van der Waals surface area contributed by atoms with E-state index in [0.717, 1.165) is 16.0 Å². The maximum absolute atomic E-state index is 12.3. The number of aryl methyl sites for hydroxylation is 1. The van der Waals surface area contributed by atoms with Crippen LogP contribution in [0.25, 0.3) is 10.4 Å². The van der Waals surface area contributed by atoms with Crippen LogP contribution in [-0.4, -0.2) is 33.0 Å². The summed E-state index contributed by atoms with van der Waals surface area (Å²) in [4.78, 5) is 17.5. The van der Waals surface area contributed by atoms with Gasteiger partial charge in [-0.05, 0) is 36.3 Å². The number of hydrogen-bond donors (Lipinski definition) is 2. The number of esters is 1. The minimum atomic E-state index is -0.436. The highest BCUT2D eigenvalue weighted by molar-refractivity contribution is 7.80. The number of rotatable bonds is 6. The van der Waals surface area contributed by atoms with Gasteiger partial charge in [0.25, 0.3) is 0 Å². The fourth-order valence-corrected chi connectivity index (χ4v) is 4.47. The van der Waals surface area contributed by atoms with Gasteiger partial charge in [0.05, 0.1) is 19.2 Å². The number of benzene rings is 2. The third-order valence-electron chi connectivity index (χ3n) is 4.61. The molecular weight excluding hydrogens is 442 g/mol. The second-order valence-electron chi connectivity index (χ2n) is 7.04. The highest BCUT2D eigenvalue weighted by Crippen LogP contribution is 2.35. The Bertz CT molecular complexity index is 1250. The second kappa shape index (κ2) is 9.71.